The first-order valence-corrected chi connectivity index (χ1v) is 3.69. The Labute approximate surface area is 74.9 Å². The fourth-order valence-electron chi connectivity index (χ4n) is 0.765. The zero-order valence-corrected chi connectivity index (χ0v) is 7.14. The standard InChI is InChI=1S/C5H14N6O2/c6-3-1-2-4(7,8)5(9,10-12)11-13/h1-3,6-9H2. The molecule has 0 spiro atoms. The highest BCUT2D eigenvalue weighted by molar-refractivity contribution is 4.99. The molecule has 0 amide bonds. The summed E-state index contributed by atoms with van der Waals surface area (Å²) < 4.78 is 0. The summed E-state index contributed by atoms with van der Waals surface area (Å²) in [6.45, 7) is 0.323. The van der Waals surface area contributed by atoms with Crippen LogP contribution in [0.2, 0.25) is 0 Å². The average Bonchev–Trinajstić information content (AvgIpc) is 2.13. The largest absolute Gasteiger partial charge is 0.330 e. The van der Waals surface area contributed by atoms with Crippen LogP contribution in [0.1, 0.15) is 12.8 Å². The predicted molar refractivity (Wildman–Crippen MR) is 47.9 cm³/mol. The highest BCUT2D eigenvalue weighted by atomic mass is 16.3. The second-order valence-electron chi connectivity index (χ2n) is 2.84. The van der Waals surface area contributed by atoms with Gasteiger partial charge in [-0.25, -0.2) is 0 Å². The zero-order valence-electron chi connectivity index (χ0n) is 7.14. The van der Waals surface area contributed by atoms with Gasteiger partial charge in [-0.1, -0.05) is 0 Å². The molecule has 8 nitrogen and oxygen atoms in total. The van der Waals surface area contributed by atoms with Gasteiger partial charge in [0.1, 0.15) is 5.66 Å². The predicted octanol–water partition coefficient (Wildman–Crippen LogP) is -1.52. The highest BCUT2D eigenvalue weighted by Crippen LogP contribution is 2.19. The Balaban J connectivity index is 4.56. The van der Waals surface area contributed by atoms with Gasteiger partial charge >= 0.3 is 5.79 Å². The van der Waals surface area contributed by atoms with Crippen molar-refractivity contribution in [2.45, 2.75) is 24.3 Å². The van der Waals surface area contributed by atoms with Crippen molar-refractivity contribution in [1.82, 2.24) is 0 Å². The Morgan fingerprint density at radius 3 is 1.85 bits per heavy atom. The minimum Gasteiger partial charge on any atom is -0.330 e. The molecule has 8 heteroatoms. The van der Waals surface area contributed by atoms with Gasteiger partial charge in [-0.3, -0.25) is 5.73 Å². The molecular formula is C5H14N6O2. The third kappa shape index (κ3) is 2.49. The van der Waals surface area contributed by atoms with Crippen molar-refractivity contribution in [3.63, 3.8) is 0 Å². The maximum Gasteiger partial charge on any atom is 0.312 e. The molecule has 0 aliphatic carbocycles. The Morgan fingerprint density at radius 2 is 1.54 bits per heavy atom. The fourth-order valence-corrected chi connectivity index (χ4v) is 0.765. The van der Waals surface area contributed by atoms with Crippen LogP contribution in [0.4, 0.5) is 0 Å². The summed E-state index contributed by atoms with van der Waals surface area (Å²) in [6, 6.07) is 0. The van der Waals surface area contributed by atoms with E-state index in [1.54, 1.807) is 0 Å². The van der Waals surface area contributed by atoms with Crippen molar-refractivity contribution in [3.05, 3.63) is 9.81 Å². The molecule has 0 heterocycles. The lowest BCUT2D eigenvalue weighted by atomic mass is 9.98. The summed E-state index contributed by atoms with van der Waals surface area (Å²) in [5, 5.41) is 4.64. The highest BCUT2D eigenvalue weighted by Gasteiger charge is 2.47. The molecule has 0 atom stereocenters. The molecule has 0 aromatic heterocycles. The number of rotatable bonds is 6. The summed E-state index contributed by atoms with van der Waals surface area (Å²) >= 11 is 0. The number of nitroso groups, excluding NO2 is 2. The van der Waals surface area contributed by atoms with Crippen LogP contribution < -0.4 is 22.9 Å². The minimum absolute atomic E-state index is 0.0947. The zero-order chi connectivity index (χ0) is 10.5. The molecule has 0 rings (SSSR count). The number of hydrogen-bond acceptors (Lipinski definition) is 8. The van der Waals surface area contributed by atoms with E-state index in [2.05, 4.69) is 10.4 Å². The van der Waals surface area contributed by atoms with Gasteiger partial charge in [0.25, 0.3) is 0 Å². The van der Waals surface area contributed by atoms with E-state index in [-0.39, 0.29) is 6.42 Å². The van der Waals surface area contributed by atoms with Crippen LogP contribution in [-0.4, -0.2) is 18.0 Å². The Bertz CT molecular complexity index is 185. The van der Waals surface area contributed by atoms with Gasteiger partial charge in [0, 0.05) is 0 Å². The van der Waals surface area contributed by atoms with E-state index in [0.29, 0.717) is 13.0 Å². The van der Waals surface area contributed by atoms with Gasteiger partial charge in [0.15, 0.2) is 0 Å². The molecular weight excluding hydrogens is 176 g/mol. The third-order valence-electron chi connectivity index (χ3n) is 1.76. The first-order valence-electron chi connectivity index (χ1n) is 3.69. The van der Waals surface area contributed by atoms with E-state index in [9.17, 15) is 9.81 Å². The van der Waals surface area contributed by atoms with Crippen molar-refractivity contribution in [3.8, 4) is 0 Å². The van der Waals surface area contributed by atoms with Gasteiger partial charge in [-0.2, -0.15) is 0 Å². The molecule has 0 saturated carbocycles. The average molecular weight is 190 g/mol. The van der Waals surface area contributed by atoms with Gasteiger partial charge in [0.2, 0.25) is 0 Å². The molecule has 8 N–H and O–H groups in total. The fraction of sp³-hybridized carbons (Fsp3) is 1.00. The first kappa shape index (κ1) is 12.0. The van der Waals surface area contributed by atoms with E-state index < -0.39 is 11.4 Å². The van der Waals surface area contributed by atoms with Crippen LogP contribution in [0.25, 0.3) is 0 Å². The van der Waals surface area contributed by atoms with Crippen LogP contribution in [0, 0.1) is 9.81 Å². The van der Waals surface area contributed by atoms with E-state index in [1.165, 1.54) is 0 Å². The Morgan fingerprint density at radius 1 is 1.08 bits per heavy atom. The van der Waals surface area contributed by atoms with Crippen LogP contribution in [0.5, 0.6) is 0 Å². The molecule has 0 saturated heterocycles. The lowest BCUT2D eigenvalue weighted by molar-refractivity contribution is 0.220. The maximum atomic E-state index is 10.2. The molecule has 0 radical (unpaired) electrons. The summed E-state index contributed by atoms with van der Waals surface area (Å²) in [6.07, 6.45) is 0.522. The van der Waals surface area contributed by atoms with Gasteiger partial charge in [0.05, 0.1) is 0 Å². The molecule has 0 aromatic rings. The van der Waals surface area contributed by atoms with Crippen LogP contribution in [0.15, 0.2) is 10.4 Å². The third-order valence-corrected chi connectivity index (χ3v) is 1.76. The molecule has 76 valence electrons. The van der Waals surface area contributed by atoms with Crippen LogP contribution >= 0.6 is 0 Å². The minimum atomic E-state index is -2.33. The molecule has 0 fully saturated rings. The SMILES string of the molecule is NCCCC(N)(N)C(N)(N=O)N=O. The summed E-state index contributed by atoms with van der Waals surface area (Å²) in [5.74, 6) is -2.33. The molecule has 0 aromatic carbocycles. The number of nitrogens with two attached hydrogens (primary N) is 4. The molecule has 0 aliphatic heterocycles. The van der Waals surface area contributed by atoms with Gasteiger partial charge in [-0.15, -0.1) is 9.81 Å². The lowest BCUT2D eigenvalue weighted by Gasteiger charge is -2.31. The summed E-state index contributed by atoms with van der Waals surface area (Å²) in [7, 11) is 0. The van der Waals surface area contributed by atoms with Crippen molar-refractivity contribution in [2.24, 2.45) is 33.3 Å². The quantitative estimate of drug-likeness (QED) is 0.293. The van der Waals surface area contributed by atoms with E-state index >= 15 is 0 Å². The van der Waals surface area contributed by atoms with Gasteiger partial charge in [-0.05, 0) is 29.7 Å². The monoisotopic (exact) mass is 190 g/mol. The van der Waals surface area contributed by atoms with Crippen LogP contribution in [-0.2, 0) is 0 Å². The number of hydrogen-bond donors (Lipinski definition) is 4. The van der Waals surface area contributed by atoms with E-state index in [4.69, 9.17) is 22.9 Å². The number of nitrogens with zero attached hydrogens (tertiary/aromatic N) is 2. The van der Waals surface area contributed by atoms with Crippen LogP contribution in [0.3, 0.4) is 0 Å². The van der Waals surface area contributed by atoms with Crippen molar-refractivity contribution in [2.75, 3.05) is 6.54 Å². The first-order chi connectivity index (χ1) is 5.93. The van der Waals surface area contributed by atoms with Crippen molar-refractivity contribution >= 4 is 0 Å². The molecule has 13 heavy (non-hydrogen) atoms. The Hall–Kier alpha value is -0.960. The van der Waals surface area contributed by atoms with Crippen molar-refractivity contribution in [1.29, 1.82) is 0 Å². The van der Waals surface area contributed by atoms with Gasteiger partial charge < -0.3 is 17.2 Å². The molecule has 0 aliphatic rings. The van der Waals surface area contributed by atoms with Crippen molar-refractivity contribution < 1.29 is 0 Å². The second-order valence-corrected chi connectivity index (χ2v) is 2.84. The van der Waals surface area contributed by atoms with E-state index in [0.717, 1.165) is 0 Å². The maximum absolute atomic E-state index is 10.2. The summed E-state index contributed by atoms with van der Waals surface area (Å²) in [4.78, 5) is 20.4. The second kappa shape index (κ2) is 4.33. The summed E-state index contributed by atoms with van der Waals surface area (Å²) in [5.41, 5.74) is 19.4. The lowest BCUT2D eigenvalue weighted by Crippen LogP contribution is -2.69. The Kier molecular flexibility index (Phi) is 4.01. The molecule has 0 unspecified atom stereocenters. The molecule has 0 bridgehead atoms. The smallest absolute Gasteiger partial charge is 0.312 e. The van der Waals surface area contributed by atoms with E-state index in [1.807, 2.05) is 0 Å². The topological polar surface area (TPSA) is 163 Å². The normalized spacial score (nSPS) is 12.6.